The van der Waals surface area contributed by atoms with Crippen LogP contribution >= 0.6 is 0 Å². The number of hydrogen-bond donors (Lipinski definition) is 3. The van der Waals surface area contributed by atoms with Crippen LogP contribution in [-0.4, -0.2) is 35.8 Å². The Labute approximate surface area is 159 Å². The third kappa shape index (κ3) is 7.92. The molecule has 2 atom stereocenters. The van der Waals surface area contributed by atoms with Crippen molar-refractivity contribution in [3.63, 3.8) is 0 Å². The maximum Gasteiger partial charge on any atom is 0.408 e. The van der Waals surface area contributed by atoms with Crippen molar-refractivity contribution in [2.75, 3.05) is 6.54 Å². The van der Waals surface area contributed by atoms with Crippen molar-refractivity contribution in [1.82, 2.24) is 10.6 Å². The molecule has 0 aromatic heterocycles. The van der Waals surface area contributed by atoms with Gasteiger partial charge in [-0.15, -0.1) is 0 Å². The number of alkyl carbamates (subject to hydrolysis) is 1. The fourth-order valence-corrected chi connectivity index (χ4v) is 2.46. The number of nitrogens with one attached hydrogen (secondary N) is 2. The van der Waals surface area contributed by atoms with Crippen LogP contribution in [0, 0.1) is 0 Å². The number of rotatable bonds is 9. The minimum absolute atomic E-state index is 0.136. The SMILES string of the molecule is C[C@H](NC(=O)OCc1ccccc1)C(=O)NCC(O)CCc1ccccc1. The molecule has 0 fully saturated rings. The molecule has 0 saturated heterocycles. The van der Waals surface area contributed by atoms with Crippen LogP contribution in [-0.2, 0) is 22.6 Å². The molecular formula is C21H26N2O4. The summed E-state index contributed by atoms with van der Waals surface area (Å²) in [5, 5.41) is 15.1. The number of hydrogen-bond acceptors (Lipinski definition) is 4. The number of aryl methyl sites for hydroxylation is 1. The summed E-state index contributed by atoms with van der Waals surface area (Å²) in [4.78, 5) is 23.8. The third-order valence-corrected chi connectivity index (χ3v) is 4.06. The van der Waals surface area contributed by atoms with Crippen LogP contribution in [0.4, 0.5) is 4.79 Å². The van der Waals surface area contributed by atoms with E-state index >= 15 is 0 Å². The van der Waals surface area contributed by atoms with E-state index in [0.29, 0.717) is 6.42 Å². The molecule has 2 amide bonds. The van der Waals surface area contributed by atoms with Crippen LogP contribution in [0.5, 0.6) is 0 Å². The van der Waals surface area contributed by atoms with Crippen molar-refractivity contribution in [1.29, 1.82) is 0 Å². The number of benzene rings is 2. The fraction of sp³-hybridized carbons (Fsp3) is 0.333. The summed E-state index contributed by atoms with van der Waals surface area (Å²) >= 11 is 0. The van der Waals surface area contributed by atoms with E-state index in [4.69, 9.17) is 4.74 Å². The summed E-state index contributed by atoms with van der Waals surface area (Å²) in [5.41, 5.74) is 2.00. The molecule has 6 nitrogen and oxygen atoms in total. The lowest BCUT2D eigenvalue weighted by molar-refractivity contribution is -0.123. The number of carbonyl (C=O) groups is 2. The molecule has 2 rings (SSSR count). The minimum Gasteiger partial charge on any atom is -0.445 e. The highest BCUT2D eigenvalue weighted by molar-refractivity contribution is 5.85. The predicted molar refractivity (Wildman–Crippen MR) is 103 cm³/mol. The molecule has 2 aromatic carbocycles. The third-order valence-electron chi connectivity index (χ3n) is 4.06. The second-order valence-electron chi connectivity index (χ2n) is 6.35. The van der Waals surface area contributed by atoms with Gasteiger partial charge in [-0.3, -0.25) is 4.79 Å². The molecule has 0 radical (unpaired) electrons. The summed E-state index contributed by atoms with van der Waals surface area (Å²) in [6, 6.07) is 18.4. The molecule has 0 aliphatic heterocycles. The summed E-state index contributed by atoms with van der Waals surface area (Å²) in [7, 11) is 0. The molecule has 0 saturated carbocycles. The Bertz CT molecular complexity index is 707. The summed E-state index contributed by atoms with van der Waals surface area (Å²) in [6.45, 7) is 1.84. The van der Waals surface area contributed by atoms with E-state index < -0.39 is 18.2 Å². The van der Waals surface area contributed by atoms with Gasteiger partial charge in [0.1, 0.15) is 12.6 Å². The molecule has 0 bridgehead atoms. The number of amides is 2. The van der Waals surface area contributed by atoms with Gasteiger partial charge in [-0.25, -0.2) is 4.79 Å². The number of carbonyl (C=O) groups excluding carboxylic acids is 2. The molecule has 0 spiro atoms. The Balaban J connectivity index is 1.63. The van der Waals surface area contributed by atoms with Gasteiger partial charge in [-0.05, 0) is 30.9 Å². The molecule has 1 unspecified atom stereocenters. The van der Waals surface area contributed by atoms with E-state index in [1.807, 2.05) is 60.7 Å². The molecular weight excluding hydrogens is 344 g/mol. The zero-order valence-corrected chi connectivity index (χ0v) is 15.4. The van der Waals surface area contributed by atoms with Gasteiger partial charge in [0.05, 0.1) is 6.10 Å². The lowest BCUT2D eigenvalue weighted by Crippen LogP contribution is -2.46. The highest BCUT2D eigenvalue weighted by atomic mass is 16.5. The molecule has 0 heterocycles. The zero-order chi connectivity index (χ0) is 19.5. The molecule has 2 aromatic rings. The van der Waals surface area contributed by atoms with Crippen LogP contribution in [0.25, 0.3) is 0 Å². The number of aliphatic hydroxyl groups is 1. The Morgan fingerprint density at radius 2 is 1.59 bits per heavy atom. The molecule has 0 aliphatic rings. The average molecular weight is 370 g/mol. The van der Waals surface area contributed by atoms with Gasteiger partial charge < -0.3 is 20.5 Å². The second-order valence-corrected chi connectivity index (χ2v) is 6.35. The highest BCUT2D eigenvalue weighted by Gasteiger charge is 2.17. The Kier molecular flexibility index (Phi) is 8.32. The van der Waals surface area contributed by atoms with Gasteiger partial charge >= 0.3 is 6.09 Å². The van der Waals surface area contributed by atoms with Crippen molar-refractivity contribution in [2.24, 2.45) is 0 Å². The first-order valence-electron chi connectivity index (χ1n) is 9.01. The predicted octanol–water partition coefficient (Wildman–Crippen LogP) is 2.41. The number of ether oxygens (including phenoxy) is 1. The monoisotopic (exact) mass is 370 g/mol. The van der Waals surface area contributed by atoms with E-state index in [9.17, 15) is 14.7 Å². The van der Waals surface area contributed by atoms with Crippen LogP contribution in [0.15, 0.2) is 60.7 Å². The van der Waals surface area contributed by atoms with Crippen molar-refractivity contribution in [2.45, 2.75) is 38.5 Å². The zero-order valence-electron chi connectivity index (χ0n) is 15.4. The van der Waals surface area contributed by atoms with Crippen LogP contribution in [0.2, 0.25) is 0 Å². The Morgan fingerprint density at radius 1 is 1.00 bits per heavy atom. The molecule has 3 N–H and O–H groups in total. The van der Waals surface area contributed by atoms with Crippen molar-refractivity contribution in [3.05, 3.63) is 71.8 Å². The number of aliphatic hydroxyl groups excluding tert-OH is 1. The van der Waals surface area contributed by atoms with Gasteiger partial charge in [0.15, 0.2) is 0 Å². The van der Waals surface area contributed by atoms with E-state index in [-0.39, 0.29) is 19.1 Å². The summed E-state index contributed by atoms with van der Waals surface area (Å²) in [6.07, 6.45) is -0.0274. The van der Waals surface area contributed by atoms with Crippen LogP contribution < -0.4 is 10.6 Å². The highest BCUT2D eigenvalue weighted by Crippen LogP contribution is 2.05. The van der Waals surface area contributed by atoms with Gasteiger partial charge in [0.2, 0.25) is 5.91 Å². The van der Waals surface area contributed by atoms with Gasteiger partial charge in [0.25, 0.3) is 0 Å². The first-order chi connectivity index (χ1) is 13.0. The van der Waals surface area contributed by atoms with Crippen molar-refractivity contribution in [3.8, 4) is 0 Å². The fourth-order valence-electron chi connectivity index (χ4n) is 2.46. The Hall–Kier alpha value is -2.86. The standard InChI is InChI=1S/C21H26N2O4/c1-16(23-21(26)27-15-18-10-6-3-7-11-18)20(25)22-14-19(24)13-12-17-8-4-2-5-9-17/h2-11,16,19,24H,12-15H2,1H3,(H,22,25)(H,23,26)/t16-,19?/m0/s1. The smallest absolute Gasteiger partial charge is 0.408 e. The summed E-state index contributed by atoms with van der Waals surface area (Å²) < 4.78 is 5.08. The van der Waals surface area contributed by atoms with Gasteiger partial charge in [-0.2, -0.15) is 0 Å². The topological polar surface area (TPSA) is 87.7 Å². The lowest BCUT2D eigenvalue weighted by Gasteiger charge is -2.16. The van der Waals surface area contributed by atoms with Crippen molar-refractivity contribution >= 4 is 12.0 Å². The maximum atomic E-state index is 12.0. The molecule has 144 valence electrons. The normalized spacial score (nSPS) is 12.7. The van der Waals surface area contributed by atoms with E-state index in [0.717, 1.165) is 17.5 Å². The van der Waals surface area contributed by atoms with E-state index in [2.05, 4.69) is 10.6 Å². The molecule has 0 aliphatic carbocycles. The van der Waals surface area contributed by atoms with Gasteiger partial charge in [-0.1, -0.05) is 60.7 Å². The van der Waals surface area contributed by atoms with Crippen LogP contribution in [0.1, 0.15) is 24.5 Å². The Morgan fingerprint density at radius 3 is 2.22 bits per heavy atom. The largest absolute Gasteiger partial charge is 0.445 e. The molecule has 27 heavy (non-hydrogen) atoms. The maximum absolute atomic E-state index is 12.0. The lowest BCUT2D eigenvalue weighted by atomic mass is 10.1. The van der Waals surface area contributed by atoms with Crippen molar-refractivity contribution < 1.29 is 19.4 Å². The van der Waals surface area contributed by atoms with E-state index in [1.54, 1.807) is 6.92 Å². The first kappa shape index (κ1) is 20.5. The first-order valence-corrected chi connectivity index (χ1v) is 9.01. The minimum atomic E-state index is -0.755. The molecule has 6 heteroatoms. The second kappa shape index (κ2) is 11.0. The average Bonchev–Trinajstić information content (AvgIpc) is 2.70. The van der Waals surface area contributed by atoms with E-state index in [1.165, 1.54) is 0 Å². The summed E-state index contributed by atoms with van der Waals surface area (Å²) in [5.74, 6) is -0.370. The van der Waals surface area contributed by atoms with Crippen LogP contribution in [0.3, 0.4) is 0 Å². The van der Waals surface area contributed by atoms with Gasteiger partial charge in [0, 0.05) is 6.54 Å². The quantitative estimate of drug-likeness (QED) is 0.633.